The van der Waals surface area contributed by atoms with Crippen LogP contribution in [0, 0.1) is 5.92 Å². The first-order chi connectivity index (χ1) is 5.95. The van der Waals surface area contributed by atoms with E-state index in [9.17, 15) is 0 Å². The topological polar surface area (TPSA) is 3.24 Å². The first kappa shape index (κ1) is 8.55. The molecule has 1 saturated heterocycles. The van der Waals surface area contributed by atoms with Crippen LogP contribution in [0.1, 0.15) is 44.9 Å². The maximum absolute atomic E-state index is 2.64. The molecule has 0 unspecified atom stereocenters. The van der Waals surface area contributed by atoms with Crippen molar-refractivity contribution in [2.45, 2.75) is 44.9 Å². The molecule has 1 heteroatoms. The summed E-state index contributed by atoms with van der Waals surface area (Å²) in [7, 11) is 0. The van der Waals surface area contributed by atoms with Gasteiger partial charge in [-0.15, -0.1) is 0 Å². The average Bonchev–Trinajstić information content (AvgIpc) is 2.59. The highest BCUT2D eigenvalue weighted by Gasteiger charge is 2.19. The molecule has 1 aliphatic carbocycles. The minimum absolute atomic E-state index is 1.33. The first-order valence-corrected chi connectivity index (χ1v) is 5.51. The second-order valence-corrected chi connectivity index (χ2v) is 4.29. The quantitative estimate of drug-likeness (QED) is 0.609. The van der Waals surface area contributed by atoms with Gasteiger partial charge in [0.25, 0.3) is 0 Å². The second kappa shape index (κ2) is 4.27. The second-order valence-electron chi connectivity index (χ2n) is 4.29. The summed E-state index contributed by atoms with van der Waals surface area (Å²) >= 11 is 0. The molecule has 2 aliphatic rings. The highest BCUT2D eigenvalue weighted by atomic mass is 15.1. The van der Waals surface area contributed by atoms with Crippen LogP contribution in [0.5, 0.6) is 0 Å². The molecule has 1 nitrogen and oxygen atoms in total. The van der Waals surface area contributed by atoms with E-state index in [-0.39, 0.29) is 0 Å². The molecule has 2 rings (SSSR count). The van der Waals surface area contributed by atoms with Crippen LogP contribution in [0.3, 0.4) is 0 Å². The maximum Gasteiger partial charge on any atom is 0.00438 e. The van der Waals surface area contributed by atoms with Crippen molar-refractivity contribution in [3.05, 3.63) is 5.92 Å². The lowest BCUT2D eigenvalue weighted by Gasteiger charge is -2.25. The Morgan fingerprint density at radius 1 is 0.833 bits per heavy atom. The summed E-state index contributed by atoms with van der Waals surface area (Å²) in [5.41, 5.74) is 0. The minimum atomic E-state index is 1.33. The predicted octanol–water partition coefficient (Wildman–Crippen LogP) is 2.62. The molecular formula is C11H20N. The van der Waals surface area contributed by atoms with E-state index in [1.54, 1.807) is 0 Å². The van der Waals surface area contributed by atoms with Gasteiger partial charge in [-0.2, -0.15) is 0 Å². The van der Waals surface area contributed by atoms with Gasteiger partial charge in [-0.25, -0.2) is 0 Å². The summed E-state index contributed by atoms with van der Waals surface area (Å²) in [6.07, 6.45) is 10.1. The van der Waals surface area contributed by atoms with Crippen LogP contribution in [0.15, 0.2) is 0 Å². The third-order valence-corrected chi connectivity index (χ3v) is 3.21. The largest absolute Gasteiger partial charge is 0.303 e. The summed E-state index contributed by atoms with van der Waals surface area (Å²) in [6.45, 7) is 4.06. The number of nitrogens with zero attached hydrogens (tertiary/aromatic N) is 1. The van der Waals surface area contributed by atoms with Crippen molar-refractivity contribution in [3.63, 3.8) is 0 Å². The molecule has 0 atom stereocenters. The third-order valence-electron chi connectivity index (χ3n) is 3.21. The van der Waals surface area contributed by atoms with Crippen molar-refractivity contribution < 1.29 is 0 Å². The number of hydrogen-bond acceptors (Lipinski definition) is 1. The van der Waals surface area contributed by atoms with E-state index in [0.717, 1.165) is 0 Å². The van der Waals surface area contributed by atoms with Gasteiger partial charge < -0.3 is 4.90 Å². The molecule has 0 N–H and O–H groups in total. The van der Waals surface area contributed by atoms with Gasteiger partial charge in [-0.05, 0) is 44.7 Å². The zero-order valence-corrected chi connectivity index (χ0v) is 8.02. The molecule has 0 amide bonds. The van der Waals surface area contributed by atoms with Crippen LogP contribution in [0.2, 0.25) is 0 Å². The molecule has 0 aromatic carbocycles. The molecule has 1 radical (unpaired) electrons. The van der Waals surface area contributed by atoms with Gasteiger partial charge in [-0.3, -0.25) is 0 Å². The standard InChI is InChI=1S/C11H20N/c1-2-6-11(7-3-1)10-12-8-4-5-9-12/h1-10H2. The molecule has 1 heterocycles. The fourth-order valence-corrected chi connectivity index (χ4v) is 2.47. The Labute approximate surface area is 76.1 Å². The van der Waals surface area contributed by atoms with E-state index < -0.39 is 0 Å². The predicted molar refractivity (Wildman–Crippen MR) is 52.0 cm³/mol. The Hall–Kier alpha value is -0.0400. The van der Waals surface area contributed by atoms with Crippen LogP contribution in [-0.2, 0) is 0 Å². The van der Waals surface area contributed by atoms with Gasteiger partial charge in [0.05, 0.1) is 0 Å². The lowest BCUT2D eigenvalue weighted by molar-refractivity contribution is 0.324. The first-order valence-electron chi connectivity index (χ1n) is 5.51. The molecule has 0 aromatic rings. The fourth-order valence-electron chi connectivity index (χ4n) is 2.47. The number of hydrogen-bond donors (Lipinski definition) is 0. The van der Waals surface area contributed by atoms with E-state index >= 15 is 0 Å². The number of rotatable bonds is 2. The summed E-state index contributed by atoms with van der Waals surface area (Å²) in [5, 5.41) is 0. The van der Waals surface area contributed by atoms with E-state index in [2.05, 4.69) is 4.90 Å². The average molecular weight is 166 g/mol. The molecule has 1 saturated carbocycles. The van der Waals surface area contributed by atoms with E-state index in [4.69, 9.17) is 0 Å². The summed E-state index contributed by atoms with van der Waals surface area (Å²) in [4.78, 5) is 2.64. The number of likely N-dealkylation sites (tertiary alicyclic amines) is 1. The lowest BCUT2D eigenvalue weighted by atomic mass is 9.89. The summed E-state index contributed by atoms with van der Waals surface area (Å²) < 4.78 is 0. The molecule has 69 valence electrons. The van der Waals surface area contributed by atoms with Crippen LogP contribution >= 0.6 is 0 Å². The maximum atomic E-state index is 2.64. The highest BCUT2D eigenvalue weighted by Crippen LogP contribution is 2.27. The molecule has 2 fully saturated rings. The van der Waals surface area contributed by atoms with Gasteiger partial charge >= 0.3 is 0 Å². The minimum Gasteiger partial charge on any atom is -0.303 e. The zero-order chi connectivity index (χ0) is 8.23. The van der Waals surface area contributed by atoms with Gasteiger partial charge in [0.1, 0.15) is 0 Å². The van der Waals surface area contributed by atoms with E-state index in [1.165, 1.54) is 64.6 Å². The van der Waals surface area contributed by atoms with Crippen molar-refractivity contribution in [3.8, 4) is 0 Å². The van der Waals surface area contributed by atoms with Crippen LogP contribution < -0.4 is 0 Å². The van der Waals surface area contributed by atoms with Gasteiger partial charge in [-0.1, -0.05) is 19.3 Å². The Kier molecular flexibility index (Phi) is 3.04. The molecular weight excluding hydrogens is 146 g/mol. The molecule has 0 bridgehead atoms. The molecule has 1 aliphatic heterocycles. The van der Waals surface area contributed by atoms with Crippen LogP contribution in [0.4, 0.5) is 0 Å². The molecule has 0 aromatic heterocycles. The van der Waals surface area contributed by atoms with Crippen molar-refractivity contribution in [1.29, 1.82) is 0 Å². The molecule has 0 spiro atoms. The SMILES string of the molecule is C1CC[C](CN2CCCC2)CC1. The molecule has 12 heavy (non-hydrogen) atoms. The zero-order valence-electron chi connectivity index (χ0n) is 8.02. The van der Waals surface area contributed by atoms with Crippen molar-refractivity contribution in [2.75, 3.05) is 19.6 Å². The fraction of sp³-hybridized carbons (Fsp3) is 0.909. The monoisotopic (exact) mass is 166 g/mol. The van der Waals surface area contributed by atoms with Crippen LogP contribution in [-0.4, -0.2) is 24.5 Å². The Morgan fingerprint density at radius 3 is 2.17 bits per heavy atom. The highest BCUT2D eigenvalue weighted by molar-refractivity contribution is 4.95. The van der Waals surface area contributed by atoms with Crippen molar-refractivity contribution in [2.24, 2.45) is 0 Å². The Balaban J connectivity index is 1.69. The Bertz CT molecular complexity index is 121. The van der Waals surface area contributed by atoms with Crippen molar-refractivity contribution in [1.82, 2.24) is 4.90 Å². The normalized spacial score (nSPS) is 28.0. The summed E-state index contributed by atoms with van der Waals surface area (Å²) in [5.74, 6) is 1.84. The van der Waals surface area contributed by atoms with E-state index in [0.29, 0.717) is 0 Å². The van der Waals surface area contributed by atoms with Crippen molar-refractivity contribution >= 4 is 0 Å². The Morgan fingerprint density at radius 2 is 1.50 bits per heavy atom. The lowest BCUT2D eigenvalue weighted by Crippen LogP contribution is -2.26. The summed E-state index contributed by atoms with van der Waals surface area (Å²) in [6, 6.07) is 0. The smallest absolute Gasteiger partial charge is 0.00438 e. The van der Waals surface area contributed by atoms with Gasteiger partial charge in [0, 0.05) is 6.54 Å². The van der Waals surface area contributed by atoms with Crippen LogP contribution in [0.25, 0.3) is 0 Å². The van der Waals surface area contributed by atoms with E-state index in [1.807, 2.05) is 5.92 Å². The van der Waals surface area contributed by atoms with Gasteiger partial charge in [0.15, 0.2) is 0 Å². The third kappa shape index (κ3) is 2.22. The van der Waals surface area contributed by atoms with Gasteiger partial charge in [0.2, 0.25) is 0 Å².